The Kier molecular flexibility index (Phi) is 13.9. The molecule has 1 aromatic heterocycles. The average Bonchev–Trinajstić information content (AvgIpc) is 3.62. The lowest BCUT2D eigenvalue weighted by Gasteiger charge is -2.40. The predicted molar refractivity (Wildman–Crippen MR) is 266 cm³/mol. The predicted octanol–water partition coefficient (Wildman–Crippen LogP) is 6.05. The van der Waals surface area contributed by atoms with Gasteiger partial charge in [0, 0.05) is 82.3 Å². The molecule has 5 fully saturated rings. The van der Waals surface area contributed by atoms with Crippen molar-refractivity contribution in [2.24, 2.45) is 17.6 Å². The Morgan fingerprint density at radius 2 is 1.54 bits per heavy atom. The van der Waals surface area contributed by atoms with Crippen molar-refractivity contribution in [1.29, 1.82) is 0 Å². The summed E-state index contributed by atoms with van der Waals surface area (Å²) in [6, 6.07) is 16.6. The van der Waals surface area contributed by atoms with Gasteiger partial charge in [0.05, 0.1) is 33.6 Å². The second kappa shape index (κ2) is 20.3. The summed E-state index contributed by atoms with van der Waals surface area (Å²) in [6.45, 7) is 9.54. The number of nitrogens with zero attached hydrogens (tertiary/aromatic N) is 6. The normalized spacial score (nSPS) is 24.0. The third-order valence-corrected chi connectivity index (χ3v) is 16.9. The molecule has 3 aromatic carbocycles. The SMILES string of the molecule is CC(C(N)=O)(c1ccc(Cl)c(OC2CCN(C(=O)CN3CCC(CN4CCN(c5ccc6c(c5)C(=O)N(C5CCC(=O)NC5=O)C6=O)CC4)CC3)CC2)c1)C1CCC(c2ccnc3ccc(F)cc23)CC1. The molecule has 2 unspecified atom stereocenters. The van der Waals surface area contributed by atoms with Gasteiger partial charge in [0.2, 0.25) is 23.6 Å². The van der Waals surface area contributed by atoms with Crippen LogP contribution in [-0.4, -0.2) is 138 Å². The number of benzene rings is 3. The van der Waals surface area contributed by atoms with Gasteiger partial charge < -0.3 is 20.3 Å². The van der Waals surface area contributed by atoms with Crippen molar-refractivity contribution >= 4 is 63.6 Å². The van der Waals surface area contributed by atoms with Gasteiger partial charge in [0.25, 0.3) is 11.8 Å². The number of pyridine rings is 1. The first kappa shape index (κ1) is 48.6. The molecule has 0 bridgehead atoms. The highest BCUT2D eigenvalue weighted by Gasteiger charge is 2.46. The van der Waals surface area contributed by atoms with E-state index >= 15 is 0 Å². The van der Waals surface area contributed by atoms with Crippen LogP contribution in [0.3, 0.4) is 0 Å². The number of piperidine rings is 3. The fraction of sp³-hybridized carbons (Fsp3) is 0.500. The first-order valence-corrected chi connectivity index (χ1v) is 25.7. The summed E-state index contributed by atoms with van der Waals surface area (Å²) in [5, 5.41) is 3.54. The number of nitrogens with two attached hydrogens (primary N) is 1. The van der Waals surface area contributed by atoms with E-state index in [0.29, 0.717) is 54.7 Å². The number of carbonyl (C=O) groups is 6. The van der Waals surface area contributed by atoms with Crippen LogP contribution in [0.4, 0.5) is 10.1 Å². The molecule has 3 N–H and O–H groups in total. The van der Waals surface area contributed by atoms with E-state index < -0.39 is 41.0 Å². The molecule has 374 valence electrons. The van der Waals surface area contributed by atoms with E-state index in [-0.39, 0.29) is 48.1 Å². The summed E-state index contributed by atoms with van der Waals surface area (Å²) < 4.78 is 20.8. The van der Waals surface area contributed by atoms with Crippen molar-refractivity contribution in [3.05, 3.63) is 100.0 Å². The number of hydrogen-bond acceptors (Lipinski definition) is 11. The third-order valence-electron chi connectivity index (χ3n) is 16.6. The number of piperazine rings is 1. The van der Waals surface area contributed by atoms with Crippen LogP contribution in [0, 0.1) is 17.7 Å². The Balaban J connectivity index is 0.657. The molecule has 15 nitrogen and oxygen atoms in total. The van der Waals surface area contributed by atoms with Gasteiger partial charge in [-0.2, -0.15) is 0 Å². The standard InChI is InChI=1S/C54H62ClFN8O7/c1-54(53(57)70,35-4-2-34(3-5-35)40-14-19-58-45-11-7-37(56)29-42(40)45)36-6-10-44(55)47(28-36)71-39-17-22-63(23-18-39)49(66)32-60-20-15-33(16-21-60)31-61-24-26-62(27-25-61)38-8-9-41-43(30-38)52(69)64(51(41)68)46-12-13-48(65)59-50(46)67/h6-11,14,19,28-30,33-35,39,46H,2-5,12-13,15-18,20-27,31-32H2,1H3,(H2,57,70)(H,59,65,67). The number of hydrogen-bond donors (Lipinski definition) is 2. The Labute approximate surface area is 418 Å². The quantitative estimate of drug-likeness (QED) is 0.158. The molecule has 10 rings (SSSR count). The number of nitrogens with one attached hydrogen (secondary N) is 1. The average molecular weight is 990 g/mol. The van der Waals surface area contributed by atoms with E-state index in [4.69, 9.17) is 22.1 Å². The molecule has 0 radical (unpaired) electrons. The molecule has 71 heavy (non-hydrogen) atoms. The van der Waals surface area contributed by atoms with Crippen molar-refractivity contribution in [3.8, 4) is 5.75 Å². The molecule has 17 heteroatoms. The van der Waals surface area contributed by atoms with Crippen LogP contribution in [-0.2, 0) is 24.6 Å². The zero-order valence-corrected chi connectivity index (χ0v) is 41.0. The van der Waals surface area contributed by atoms with Crippen molar-refractivity contribution in [1.82, 2.24) is 29.9 Å². The molecule has 4 saturated heterocycles. The topological polar surface area (TPSA) is 179 Å². The zero-order valence-electron chi connectivity index (χ0n) is 40.3. The third kappa shape index (κ3) is 9.87. The summed E-state index contributed by atoms with van der Waals surface area (Å²) in [6.07, 6.45) is 8.46. The van der Waals surface area contributed by atoms with Crippen LogP contribution >= 0.6 is 11.6 Å². The zero-order chi connectivity index (χ0) is 49.6. The van der Waals surface area contributed by atoms with Crippen molar-refractivity contribution < 1.29 is 37.9 Å². The van der Waals surface area contributed by atoms with Crippen LogP contribution in [0.15, 0.2) is 66.9 Å². The molecule has 1 aliphatic carbocycles. The molecular weight excluding hydrogens is 927 g/mol. The number of imide groups is 2. The molecule has 1 saturated carbocycles. The minimum absolute atomic E-state index is 0.00314. The van der Waals surface area contributed by atoms with E-state index in [2.05, 4.69) is 25.0 Å². The number of ether oxygens (including phenoxy) is 1. The fourth-order valence-corrected chi connectivity index (χ4v) is 12.4. The van der Waals surface area contributed by atoms with Crippen LogP contribution in [0.1, 0.15) is 109 Å². The summed E-state index contributed by atoms with van der Waals surface area (Å²) in [7, 11) is 0. The maximum atomic E-state index is 14.2. The minimum atomic E-state index is -0.987. The number of carbonyl (C=O) groups excluding carboxylic acids is 6. The highest BCUT2D eigenvalue weighted by molar-refractivity contribution is 6.32. The van der Waals surface area contributed by atoms with Crippen LogP contribution < -0.4 is 20.7 Å². The lowest BCUT2D eigenvalue weighted by atomic mass is 9.63. The smallest absolute Gasteiger partial charge is 0.262 e. The number of likely N-dealkylation sites (tertiary alicyclic amines) is 2. The Morgan fingerprint density at radius 1 is 0.803 bits per heavy atom. The Morgan fingerprint density at radius 3 is 2.25 bits per heavy atom. The molecule has 6 amide bonds. The Bertz CT molecular complexity index is 2740. The lowest BCUT2D eigenvalue weighted by Crippen LogP contribution is -2.54. The first-order chi connectivity index (χ1) is 34.2. The van der Waals surface area contributed by atoms with Crippen molar-refractivity contribution in [3.63, 3.8) is 0 Å². The summed E-state index contributed by atoms with van der Waals surface area (Å²) in [5.74, 6) is -1.28. The number of rotatable bonds is 12. The van der Waals surface area contributed by atoms with E-state index in [1.54, 1.807) is 36.5 Å². The fourth-order valence-electron chi connectivity index (χ4n) is 12.2. The molecule has 0 spiro atoms. The maximum absolute atomic E-state index is 14.2. The van der Waals surface area contributed by atoms with Crippen molar-refractivity contribution in [2.75, 3.05) is 70.3 Å². The van der Waals surface area contributed by atoms with Gasteiger partial charge in [0.15, 0.2) is 0 Å². The van der Waals surface area contributed by atoms with E-state index in [9.17, 15) is 33.2 Å². The number of primary amides is 1. The number of halogens is 2. The Hall–Kier alpha value is -5.97. The summed E-state index contributed by atoms with van der Waals surface area (Å²) in [4.78, 5) is 92.0. The van der Waals surface area contributed by atoms with E-state index in [1.807, 2.05) is 36.1 Å². The second-order valence-corrected chi connectivity index (χ2v) is 21.1. The van der Waals surface area contributed by atoms with Gasteiger partial charge in [-0.15, -0.1) is 0 Å². The molecule has 4 aromatic rings. The monoisotopic (exact) mass is 988 g/mol. The summed E-state index contributed by atoms with van der Waals surface area (Å²) in [5.41, 5.74) is 9.36. The number of amides is 6. The maximum Gasteiger partial charge on any atom is 0.262 e. The minimum Gasteiger partial charge on any atom is -0.489 e. The molecule has 6 aliphatic rings. The first-order valence-electron chi connectivity index (χ1n) is 25.4. The number of aromatic nitrogens is 1. The molecule has 5 aliphatic heterocycles. The second-order valence-electron chi connectivity index (χ2n) is 20.7. The highest BCUT2D eigenvalue weighted by Crippen LogP contribution is 2.47. The van der Waals surface area contributed by atoms with Gasteiger partial charge >= 0.3 is 0 Å². The molecule has 6 heterocycles. The largest absolute Gasteiger partial charge is 0.489 e. The molecular formula is C54H62ClFN8O7. The molecule has 2 atom stereocenters. The van der Waals surface area contributed by atoms with Gasteiger partial charge in [-0.3, -0.25) is 53.8 Å². The number of fused-ring (bicyclic) bond motifs is 2. The van der Waals surface area contributed by atoms with E-state index in [0.717, 1.165) is 117 Å². The highest BCUT2D eigenvalue weighted by atomic mass is 35.5. The van der Waals surface area contributed by atoms with Gasteiger partial charge in [-0.05, 0) is 148 Å². The van der Waals surface area contributed by atoms with Crippen molar-refractivity contribution in [2.45, 2.75) is 94.6 Å². The number of anilines is 1. The van der Waals surface area contributed by atoms with Gasteiger partial charge in [-0.25, -0.2) is 4.39 Å². The van der Waals surface area contributed by atoms with E-state index in [1.165, 1.54) is 6.07 Å². The van der Waals surface area contributed by atoms with Gasteiger partial charge in [0.1, 0.15) is 23.7 Å². The van der Waals surface area contributed by atoms with Crippen LogP contribution in [0.5, 0.6) is 5.75 Å². The van der Waals surface area contributed by atoms with Crippen LogP contribution in [0.25, 0.3) is 10.9 Å². The van der Waals surface area contributed by atoms with Gasteiger partial charge in [-0.1, -0.05) is 17.7 Å². The van der Waals surface area contributed by atoms with Crippen LogP contribution in [0.2, 0.25) is 5.02 Å². The lowest BCUT2D eigenvalue weighted by molar-refractivity contribution is -0.136. The summed E-state index contributed by atoms with van der Waals surface area (Å²) >= 11 is 6.73.